The predicted molar refractivity (Wildman–Crippen MR) is 277 cm³/mol. The maximum Gasteiger partial charge on any atom is 0.342 e. The summed E-state index contributed by atoms with van der Waals surface area (Å²) in [7, 11) is 1.54. The highest BCUT2D eigenvalue weighted by Gasteiger charge is 2.32. The molecule has 0 atom stereocenters. The molecule has 0 aromatic heterocycles. The van der Waals surface area contributed by atoms with Gasteiger partial charge >= 0.3 is 23.9 Å². The first kappa shape index (κ1) is 61.5. The number of aromatic hydroxyl groups is 1. The summed E-state index contributed by atoms with van der Waals surface area (Å²) in [5, 5.41) is 10.9. The number of carbonyl (C=O) groups excluding carboxylic acids is 4. The Kier molecular flexibility index (Phi) is 36.6. The summed E-state index contributed by atoms with van der Waals surface area (Å²) in [4.78, 5) is 50.0. The van der Waals surface area contributed by atoms with E-state index in [4.69, 9.17) is 28.4 Å². The Morgan fingerprint density at radius 2 is 1.00 bits per heavy atom. The van der Waals surface area contributed by atoms with Crippen molar-refractivity contribution in [2.75, 3.05) is 33.5 Å². The summed E-state index contributed by atoms with van der Waals surface area (Å²) >= 11 is 0. The summed E-state index contributed by atoms with van der Waals surface area (Å²) < 4.78 is 33.6. The quantitative estimate of drug-likeness (QED) is 0.0288. The number of fused-ring (bicyclic) bond motifs is 1. The third kappa shape index (κ3) is 29.4. The largest absolute Gasteiger partial charge is 0.507 e. The van der Waals surface area contributed by atoms with Gasteiger partial charge in [0.2, 0.25) is 0 Å². The molecule has 0 spiro atoms. The van der Waals surface area contributed by atoms with Crippen LogP contribution in [-0.4, -0.2) is 68.6 Å². The second-order valence-corrected chi connectivity index (χ2v) is 19.6. The molecule has 0 saturated heterocycles. The van der Waals surface area contributed by atoms with E-state index in [0.29, 0.717) is 55.8 Å². The first-order valence-electron chi connectivity index (χ1n) is 27.9. The van der Waals surface area contributed by atoms with E-state index in [1.807, 2.05) is 19.9 Å². The van der Waals surface area contributed by atoms with Crippen LogP contribution in [0.3, 0.4) is 0 Å². The molecule has 1 aromatic carbocycles. The van der Waals surface area contributed by atoms with E-state index in [-0.39, 0.29) is 55.5 Å². The number of rotatable bonds is 46. The van der Waals surface area contributed by atoms with E-state index in [0.717, 1.165) is 75.3 Å². The number of hydrogen-bond donors (Lipinski definition) is 1. The Morgan fingerprint density at radius 1 is 0.580 bits per heavy atom. The minimum Gasteiger partial charge on any atom is -0.507 e. The highest BCUT2D eigenvalue weighted by atomic mass is 16.6. The lowest BCUT2D eigenvalue weighted by atomic mass is 9.94. The van der Waals surface area contributed by atoms with Crippen molar-refractivity contribution in [3.63, 3.8) is 0 Å². The van der Waals surface area contributed by atoms with Gasteiger partial charge in [-0.05, 0) is 64.4 Å². The van der Waals surface area contributed by atoms with Crippen LogP contribution < -0.4 is 4.74 Å². The summed E-state index contributed by atoms with van der Waals surface area (Å²) in [5.74, 6) is -0.840. The third-order valence-corrected chi connectivity index (χ3v) is 13.5. The van der Waals surface area contributed by atoms with Crippen molar-refractivity contribution in [1.29, 1.82) is 0 Å². The molecular weight excluding hydrogens is 873 g/mol. The Labute approximate surface area is 419 Å². The van der Waals surface area contributed by atoms with Gasteiger partial charge in [-0.15, -0.1) is 0 Å². The minimum atomic E-state index is -0.533. The van der Waals surface area contributed by atoms with Crippen molar-refractivity contribution in [1.82, 2.24) is 0 Å². The van der Waals surface area contributed by atoms with Gasteiger partial charge in [0, 0.05) is 37.0 Å². The zero-order valence-electron chi connectivity index (χ0n) is 44.5. The normalized spacial score (nSPS) is 12.4. The molecule has 0 fully saturated rings. The molecule has 0 amide bonds. The van der Waals surface area contributed by atoms with Crippen LogP contribution in [0.25, 0.3) is 0 Å². The van der Waals surface area contributed by atoms with Crippen molar-refractivity contribution in [3.05, 3.63) is 33.9 Å². The van der Waals surface area contributed by atoms with Crippen molar-refractivity contribution < 1.29 is 52.7 Å². The molecule has 0 unspecified atom stereocenters. The number of esters is 4. The Hall–Kier alpha value is -3.60. The average molecular weight is 971 g/mol. The van der Waals surface area contributed by atoms with E-state index < -0.39 is 12.1 Å². The van der Waals surface area contributed by atoms with Crippen LogP contribution in [0, 0.1) is 6.92 Å². The molecule has 11 nitrogen and oxygen atoms in total. The lowest BCUT2D eigenvalue weighted by molar-refractivity contribution is -0.155. The molecule has 69 heavy (non-hydrogen) atoms. The topological polar surface area (TPSA) is 144 Å². The van der Waals surface area contributed by atoms with Crippen LogP contribution in [-0.2, 0) is 51.1 Å². The Balaban J connectivity index is 1.65. The maximum absolute atomic E-state index is 12.7. The average Bonchev–Trinajstić information content (AvgIpc) is 3.74. The first-order chi connectivity index (χ1) is 33.6. The third-order valence-electron chi connectivity index (χ3n) is 13.5. The summed E-state index contributed by atoms with van der Waals surface area (Å²) in [6.07, 6.45) is 39.1. The molecule has 1 N–H and O–H groups in total. The predicted octanol–water partition coefficient (Wildman–Crippen LogP) is 15.2. The van der Waals surface area contributed by atoms with Gasteiger partial charge in [0.1, 0.15) is 43.0 Å². The maximum atomic E-state index is 12.7. The van der Waals surface area contributed by atoms with Crippen molar-refractivity contribution >= 4 is 23.9 Å². The standard InChI is InChI=1S/C58H98O11/c1-6-8-10-12-14-16-18-20-22-24-26-28-32-36-52(59)67-44-49(45-68-53(60)37-33-29-27-25-23-21-19-17-15-13-11-9-7-2)65-42-34-30-31-35-43-66-54(61)41-39-47(3)38-40-50-56(62)55-51(46-69-58(55)63)48(4)57(50)64-5/h38,49,62H,6-37,39-46H2,1-5H3/b47-38+. The van der Waals surface area contributed by atoms with E-state index in [1.54, 1.807) is 0 Å². The van der Waals surface area contributed by atoms with E-state index in [9.17, 15) is 24.3 Å². The van der Waals surface area contributed by atoms with Gasteiger partial charge in [-0.1, -0.05) is 186 Å². The van der Waals surface area contributed by atoms with Crippen LogP contribution in [0.2, 0.25) is 0 Å². The molecule has 0 radical (unpaired) electrons. The van der Waals surface area contributed by atoms with Gasteiger partial charge in [0.15, 0.2) is 0 Å². The number of benzene rings is 1. The summed E-state index contributed by atoms with van der Waals surface area (Å²) in [5.41, 5.74) is 3.11. The molecule has 0 saturated carbocycles. The van der Waals surface area contributed by atoms with Crippen molar-refractivity contribution in [2.24, 2.45) is 0 Å². The monoisotopic (exact) mass is 971 g/mol. The molecule has 396 valence electrons. The highest BCUT2D eigenvalue weighted by molar-refractivity contribution is 5.98. The molecule has 11 heteroatoms. The van der Waals surface area contributed by atoms with Crippen LogP contribution in [0.5, 0.6) is 11.5 Å². The van der Waals surface area contributed by atoms with Crippen LogP contribution in [0.1, 0.15) is 266 Å². The van der Waals surface area contributed by atoms with Gasteiger partial charge in [-0.3, -0.25) is 14.4 Å². The van der Waals surface area contributed by atoms with Crippen LogP contribution in [0.15, 0.2) is 11.6 Å². The van der Waals surface area contributed by atoms with E-state index in [1.165, 1.54) is 136 Å². The van der Waals surface area contributed by atoms with E-state index >= 15 is 0 Å². The van der Waals surface area contributed by atoms with Crippen LogP contribution >= 0.6 is 0 Å². The van der Waals surface area contributed by atoms with Gasteiger partial charge < -0.3 is 33.5 Å². The summed E-state index contributed by atoms with van der Waals surface area (Å²) in [6, 6.07) is 0. The second-order valence-electron chi connectivity index (χ2n) is 19.6. The van der Waals surface area contributed by atoms with Gasteiger partial charge in [0.05, 0.1) is 13.7 Å². The molecule has 0 bridgehead atoms. The number of carbonyl (C=O) groups is 4. The molecule has 1 heterocycles. The molecule has 2 rings (SSSR count). The van der Waals surface area contributed by atoms with Gasteiger partial charge in [-0.25, -0.2) is 4.79 Å². The van der Waals surface area contributed by atoms with Gasteiger partial charge in [0.25, 0.3) is 0 Å². The lowest BCUT2D eigenvalue weighted by Crippen LogP contribution is -2.29. The fraction of sp³-hybridized carbons (Fsp3) is 0.793. The molecule has 1 aliphatic rings. The Bertz CT molecular complexity index is 1520. The number of cyclic esters (lactones) is 1. The molecule has 0 aliphatic carbocycles. The number of ether oxygens (including phenoxy) is 6. The second kappa shape index (κ2) is 41.1. The van der Waals surface area contributed by atoms with Crippen LogP contribution in [0.4, 0.5) is 0 Å². The number of hydrogen-bond acceptors (Lipinski definition) is 11. The zero-order chi connectivity index (χ0) is 50.2. The summed E-state index contributed by atoms with van der Waals surface area (Å²) in [6.45, 7) is 9.33. The number of methoxy groups -OCH3 is 1. The number of unbranched alkanes of at least 4 members (excludes halogenated alkanes) is 27. The molecule has 1 aliphatic heterocycles. The smallest absolute Gasteiger partial charge is 0.342 e. The SMILES string of the molecule is CCCCCCCCCCCCCCCC(=O)OCC(COC(=O)CCCCCCCCCCCCCCC)OCCCCCCOC(=O)CC/C(C)=C/Cc1c(O)c2c(c(C)c1OC)COC2=O. The Morgan fingerprint density at radius 3 is 1.46 bits per heavy atom. The highest BCUT2D eigenvalue weighted by Crippen LogP contribution is 2.42. The first-order valence-corrected chi connectivity index (χ1v) is 27.9. The number of allylic oxidation sites excluding steroid dienone is 2. The number of phenolic OH excluding ortho intramolecular Hbond substituents is 1. The van der Waals surface area contributed by atoms with Crippen molar-refractivity contribution in [2.45, 2.75) is 265 Å². The van der Waals surface area contributed by atoms with Gasteiger partial charge in [-0.2, -0.15) is 0 Å². The number of phenols is 1. The molecule has 1 aromatic rings. The fourth-order valence-corrected chi connectivity index (χ4v) is 9.01. The fourth-order valence-electron chi connectivity index (χ4n) is 9.01. The lowest BCUT2D eigenvalue weighted by Gasteiger charge is -2.18. The molecular formula is C58H98O11. The van der Waals surface area contributed by atoms with Crippen molar-refractivity contribution in [3.8, 4) is 11.5 Å². The minimum absolute atomic E-state index is 0.0642. The van der Waals surface area contributed by atoms with E-state index in [2.05, 4.69) is 13.8 Å². The zero-order valence-corrected chi connectivity index (χ0v) is 44.5.